The Bertz CT molecular complexity index is 1310. The van der Waals surface area contributed by atoms with E-state index in [1.54, 1.807) is 0 Å². The van der Waals surface area contributed by atoms with Crippen molar-refractivity contribution >= 4 is 44.9 Å². The number of para-hydroxylation sites is 1. The van der Waals surface area contributed by atoms with Gasteiger partial charge in [-0.05, 0) is 43.2 Å². The number of fused-ring (bicyclic) bond motifs is 2. The van der Waals surface area contributed by atoms with Crippen LogP contribution in [0.4, 0.5) is 22.0 Å². The molecule has 5 rings (SSSR count). The summed E-state index contributed by atoms with van der Waals surface area (Å²) in [4.78, 5) is 19.6. The van der Waals surface area contributed by atoms with Crippen LogP contribution < -0.4 is 20.9 Å². The lowest BCUT2D eigenvalue weighted by atomic mass is 9.91. The molecular formula is C28H31N5O. The van der Waals surface area contributed by atoms with Crippen molar-refractivity contribution in [3.63, 3.8) is 0 Å². The summed E-state index contributed by atoms with van der Waals surface area (Å²) in [7, 11) is 4.12. The minimum Gasteiger partial charge on any atom is -0.377 e. The van der Waals surface area contributed by atoms with Crippen LogP contribution in [0.25, 0.3) is 21.7 Å². The fourth-order valence-electron chi connectivity index (χ4n) is 4.87. The Kier molecular flexibility index (Phi) is 6.21. The maximum Gasteiger partial charge on any atom is 0.319 e. The van der Waals surface area contributed by atoms with E-state index in [0.717, 1.165) is 64.6 Å². The second kappa shape index (κ2) is 9.59. The molecule has 1 aliphatic rings. The lowest BCUT2D eigenvalue weighted by molar-refractivity contribution is 0.243. The number of aromatic nitrogens is 1. The molecule has 0 spiro atoms. The van der Waals surface area contributed by atoms with Gasteiger partial charge in [0.1, 0.15) is 5.82 Å². The molecule has 6 heteroatoms. The molecule has 0 radical (unpaired) electrons. The molecule has 1 heterocycles. The van der Waals surface area contributed by atoms with Crippen molar-refractivity contribution in [1.29, 1.82) is 0 Å². The normalized spacial score (nSPS) is 17.9. The van der Waals surface area contributed by atoms with Crippen LogP contribution in [0.5, 0.6) is 0 Å². The largest absolute Gasteiger partial charge is 0.377 e. The molecule has 34 heavy (non-hydrogen) atoms. The molecule has 0 atom stereocenters. The number of urea groups is 1. The van der Waals surface area contributed by atoms with Crippen molar-refractivity contribution in [2.75, 3.05) is 29.6 Å². The smallest absolute Gasteiger partial charge is 0.319 e. The summed E-state index contributed by atoms with van der Waals surface area (Å²) in [5.74, 6) is 0.910. The molecule has 0 unspecified atom stereocenters. The number of carbonyl (C=O) groups excluding carboxylic acids is 1. The lowest BCUT2D eigenvalue weighted by Gasteiger charge is -2.30. The Morgan fingerprint density at radius 1 is 0.853 bits per heavy atom. The van der Waals surface area contributed by atoms with Gasteiger partial charge in [0.25, 0.3) is 0 Å². The predicted molar refractivity (Wildman–Crippen MR) is 142 cm³/mol. The van der Waals surface area contributed by atoms with Gasteiger partial charge in [-0.25, -0.2) is 9.78 Å². The summed E-state index contributed by atoms with van der Waals surface area (Å²) in [6, 6.07) is 24.8. The molecule has 1 saturated carbocycles. The third kappa shape index (κ3) is 4.76. The van der Waals surface area contributed by atoms with E-state index in [-0.39, 0.29) is 12.1 Å². The number of anilines is 3. The highest BCUT2D eigenvalue weighted by molar-refractivity contribution is 6.01. The quantitative estimate of drug-likeness (QED) is 0.347. The number of hydrogen-bond donors (Lipinski definition) is 3. The first-order valence-corrected chi connectivity index (χ1v) is 12.0. The maximum atomic E-state index is 12.7. The standard InChI is InChI=1S/C28H31N5O/c1-33(2)26-18-27(31-25-12-6-5-11-23(25)26)29-20-14-16-21(17-15-20)30-28(34)32-24-13-7-9-19-8-3-4-10-22(19)24/h3-13,18,20-21H,14-17H2,1-2H3,(H,29,31)(H2,30,32,34)/t20-,21+. The summed E-state index contributed by atoms with van der Waals surface area (Å²) >= 11 is 0. The van der Waals surface area contributed by atoms with E-state index in [2.05, 4.69) is 71.3 Å². The van der Waals surface area contributed by atoms with Gasteiger partial charge in [0.15, 0.2) is 0 Å². The molecule has 174 valence electrons. The van der Waals surface area contributed by atoms with Gasteiger partial charge >= 0.3 is 6.03 Å². The highest BCUT2D eigenvalue weighted by atomic mass is 16.2. The molecule has 4 aromatic rings. The highest BCUT2D eigenvalue weighted by Gasteiger charge is 2.23. The molecule has 3 aromatic carbocycles. The van der Waals surface area contributed by atoms with E-state index >= 15 is 0 Å². The molecule has 2 amide bonds. The summed E-state index contributed by atoms with van der Waals surface area (Å²) in [5, 5.41) is 13.2. The molecule has 0 bridgehead atoms. The zero-order valence-electron chi connectivity index (χ0n) is 19.7. The van der Waals surface area contributed by atoms with E-state index < -0.39 is 0 Å². The molecule has 6 nitrogen and oxygen atoms in total. The van der Waals surface area contributed by atoms with Crippen LogP contribution in [-0.4, -0.2) is 37.2 Å². The zero-order chi connectivity index (χ0) is 23.5. The molecule has 1 aromatic heterocycles. The van der Waals surface area contributed by atoms with Gasteiger partial charge in [-0.1, -0.05) is 54.6 Å². The topological polar surface area (TPSA) is 69.3 Å². The summed E-state index contributed by atoms with van der Waals surface area (Å²) in [6.07, 6.45) is 3.86. The molecular weight excluding hydrogens is 422 g/mol. The van der Waals surface area contributed by atoms with Crippen LogP contribution in [-0.2, 0) is 0 Å². The lowest BCUT2D eigenvalue weighted by Crippen LogP contribution is -2.42. The first kappa shape index (κ1) is 22.0. The first-order valence-electron chi connectivity index (χ1n) is 12.0. The van der Waals surface area contributed by atoms with E-state index in [9.17, 15) is 4.79 Å². The van der Waals surface area contributed by atoms with Crippen LogP contribution in [0.2, 0.25) is 0 Å². The average molecular weight is 454 g/mol. The van der Waals surface area contributed by atoms with Gasteiger partial charge in [0.05, 0.1) is 11.2 Å². The number of rotatable bonds is 5. The summed E-state index contributed by atoms with van der Waals surface area (Å²) in [5.41, 5.74) is 3.00. The van der Waals surface area contributed by atoms with Crippen molar-refractivity contribution in [1.82, 2.24) is 10.3 Å². The number of carbonyl (C=O) groups is 1. The Hall–Kier alpha value is -3.80. The fourth-order valence-corrected chi connectivity index (χ4v) is 4.87. The Morgan fingerprint density at radius 3 is 2.32 bits per heavy atom. The zero-order valence-corrected chi connectivity index (χ0v) is 19.7. The molecule has 3 N–H and O–H groups in total. The number of hydrogen-bond acceptors (Lipinski definition) is 4. The van der Waals surface area contributed by atoms with E-state index in [1.807, 2.05) is 36.4 Å². The van der Waals surface area contributed by atoms with Crippen LogP contribution >= 0.6 is 0 Å². The van der Waals surface area contributed by atoms with Gasteiger partial charge in [0, 0.05) is 48.7 Å². The predicted octanol–water partition coefficient (Wildman–Crippen LogP) is 6.00. The van der Waals surface area contributed by atoms with Crippen molar-refractivity contribution in [3.8, 4) is 0 Å². The minimum absolute atomic E-state index is 0.139. The number of benzene rings is 3. The molecule has 0 aliphatic heterocycles. The van der Waals surface area contributed by atoms with Gasteiger partial charge in [-0.15, -0.1) is 0 Å². The van der Waals surface area contributed by atoms with Crippen LogP contribution in [0.1, 0.15) is 25.7 Å². The van der Waals surface area contributed by atoms with E-state index in [0.29, 0.717) is 6.04 Å². The number of pyridine rings is 1. The van der Waals surface area contributed by atoms with Crippen molar-refractivity contribution < 1.29 is 4.79 Å². The SMILES string of the molecule is CN(C)c1cc(N[C@H]2CC[C@@H](NC(=O)Nc3cccc4ccccc34)CC2)nc2ccccc12. The van der Waals surface area contributed by atoms with Crippen LogP contribution in [0.3, 0.4) is 0 Å². The first-order chi connectivity index (χ1) is 16.6. The minimum atomic E-state index is -0.139. The Labute approximate surface area is 200 Å². The molecule has 0 saturated heterocycles. The summed E-state index contributed by atoms with van der Waals surface area (Å²) in [6.45, 7) is 0. The van der Waals surface area contributed by atoms with Crippen molar-refractivity contribution in [3.05, 3.63) is 72.8 Å². The van der Waals surface area contributed by atoms with Crippen LogP contribution in [0, 0.1) is 0 Å². The number of amides is 2. The van der Waals surface area contributed by atoms with Gasteiger partial charge in [-0.3, -0.25) is 0 Å². The second-order valence-corrected chi connectivity index (χ2v) is 9.26. The fraction of sp³-hybridized carbons (Fsp3) is 0.286. The third-order valence-electron chi connectivity index (χ3n) is 6.63. The highest BCUT2D eigenvalue weighted by Crippen LogP contribution is 2.29. The van der Waals surface area contributed by atoms with Crippen molar-refractivity contribution in [2.24, 2.45) is 0 Å². The van der Waals surface area contributed by atoms with E-state index in [4.69, 9.17) is 4.98 Å². The van der Waals surface area contributed by atoms with Crippen LogP contribution in [0.15, 0.2) is 72.8 Å². The average Bonchev–Trinajstić information content (AvgIpc) is 2.85. The third-order valence-corrected chi connectivity index (χ3v) is 6.63. The van der Waals surface area contributed by atoms with Gasteiger partial charge < -0.3 is 20.9 Å². The maximum absolute atomic E-state index is 12.7. The number of nitrogens with zero attached hydrogens (tertiary/aromatic N) is 2. The van der Waals surface area contributed by atoms with Gasteiger partial charge in [0.2, 0.25) is 0 Å². The summed E-state index contributed by atoms with van der Waals surface area (Å²) < 4.78 is 0. The monoisotopic (exact) mass is 453 g/mol. The number of nitrogens with one attached hydrogen (secondary N) is 3. The molecule has 1 fully saturated rings. The van der Waals surface area contributed by atoms with Gasteiger partial charge in [-0.2, -0.15) is 0 Å². The Balaban J connectivity index is 1.18. The van der Waals surface area contributed by atoms with Crippen molar-refractivity contribution in [2.45, 2.75) is 37.8 Å². The second-order valence-electron chi connectivity index (χ2n) is 9.26. The Morgan fingerprint density at radius 2 is 1.53 bits per heavy atom. The van der Waals surface area contributed by atoms with E-state index in [1.165, 1.54) is 0 Å². The molecule has 1 aliphatic carbocycles.